The SMILES string of the molecule is COc1ccc(C2C(C(=O)c3cc(C)oc3C)C(c3ccc(C#N)cc3)N(C(=O)Nc3ccccc3)C2C(=O)O)cc1. The first-order valence-electron chi connectivity index (χ1n) is 13.4. The third-order valence-electron chi connectivity index (χ3n) is 7.67. The van der Waals surface area contributed by atoms with Crippen molar-refractivity contribution in [2.45, 2.75) is 31.8 Å². The number of amides is 2. The molecule has 2 N–H and O–H groups in total. The minimum Gasteiger partial charge on any atom is -0.497 e. The molecular formula is C33H29N3O6. The first-order valence-corrected chi connectivity index (χ1v) is 13.4. The van der Waals surface area contributed by atoms with E-state index in [1.807, 2.05) is 0 Å². The van der Waals surface area contributed by atoms with E-state index in [4.69, 9.17) is 9.15 Å². The molecule has 212 valence electrons. The van der Waals surface area contributed by atoms with Crippen molar-refractivity contribution in [3.63, 3.8) is 0 Å². The number of carbonyl (C=O) groups excluding carboxylic acids is 2. The molecule has 2 amide bonds. The molecule has 0 spiro atoms. The maximum absolute atomic E-state index is 14.5. The Morgan fingerprint density at radius 2 is 1.60 bits per heavy atom. The number of anilines is 1. The summed E-state index contributed by atoms with van der Waals surface area (Å²) in [4.78, 5) is 42.9. The number of ether oxygens (including phenoxy) is 1. The van der Waals surface area contributed by atoms with Crippen molar-refractivity contribution in [2.24, 2.45) is 5.92 Å². The third kappa shape index (κ3) is 5.22. The summed E-state index contributed by atoms with van der Waals surface area (Å²) in [5.74, 6) is -2.03. The van der Waals surface area contributed by atoms with Gasteiger partial charge in [0.2, 0.25) is 0 Å². The number of nitriles is 1. The summed E-state index contributed by atoms with van der Waals surface area (Å²) in [5, 5.41) is 22.9. The van der Waals surface area contributed by atoms with Crippen LogP contribution >= 0.6 is 0 Å². The quantitative estimate of drug-likeness (QED) is 0.260. The van der Waals surface area contributed by atoms with Crippen LogP contribution in [-0.2, 0) is 4.79 Å². The lowest BCUT2D eigenvalue weighted by molar-refractivity contribution is -0.142. The smallest absolute Gasteiger partial charge is 0.327 e. The van der Waals surface area contributed by atoms with Gasteiger partial charge in [0, 0.05) is 11.6 Å². The van der Waals surface area contributed by atoms with Crippen LogP contribution in [0.3, 0.4) is 0 Å². The molecule has 9 heteroatoms. The zero-order valence-corrected chi connectivity index (χ0v) is 23.3. The highest BCUT2D eigenvalue weighted by Gasteiger charge is 2.58. The number of hydrogen-bond donors (Lipinski definition) is 2. The van der Waals surface area contributed by atoms with Crippen LogP contribution in [0.5, 0.6) is 5.75 Å². The van der Waals surface area contributed by atoms with Crippen LogP contribution in [-0.4, -0.2) is 40.9 Å². The Hall–Kier alpha value is -5.36. The van der Waals surface area contributed by atoms with E-state index in [2.05, 4.69) is 11.4 Å². The summed E-state index contributed by atoms with van der Waals surface area (Å²) in [6.45, 7) is 3.42. The molecule has 9 nitrogen and oxygen atoms in total. The van der Waals surface area contributed by atoms with Crippen LogP contribution in [0.2, 0.25) is 0 Å². The lowest BCUT2D eigenvalue weighted by Crippen LogP contribution is -2.45. The molecule has 42 heavy (non-hydrogen) atoms. The molecule has 4 aromatic rings. The molecule has 1 fully saturated rings. The predicted octanol–water partition coefficient (Wildman–Crippen LogP) is 6.10. The minimum absolute atomic E-state index is 0.323. The molecule has 1 aromatic heterocycles. The number of carbonyl (C=O) groups is 3. The van der Waals surface area contributed by atoms with E-state index in [0.29, 0.717) is 45.2 Å². The Labute approximate surface area is 243 Å². The first-order chi connectivity index (χ1) is 20.2. The van der Waals surface area contributed by atoms with Gasteiger partial charge in [-0.05, 0) is 67.4 Å². The van der Waals surface area contributed by atoms with Crippen molar-refractivity contribution in [1.82, 2.24) is 4.90 Å². The van der Waals surface area contributed by atoms with Gasteiger partial charge in [0.15, 0.2) is 5.78 Å². The van der Waals surface area contributed by atoms with E-state index in [1.54, 1.807) is 98.8 Å². The van der Waals surface area contributed by atoms with Crippen molar-refractivity contribution < 1.29 is 28.6 Å². The molecule has 4 unspecified atom stereocenters. The maximum atomic E-state index is 14.5. The van der Waals surface area contributed by atoms with Crippen molar-refractivity contribution in [2.75, 3.05) is 12.4 Å². The molecule has 1 aliphatic heterocycles. The van der Waals surface area contributed by atoms with E-state index in [9.17, 15) is 24.8 Å². The number of benzene rings is 3. The van der Waals surface area contributed by atoms with Crippen LogP contribution in [0.25, 0.3) is 0 Å². The summed E-state index contributed by atoms with van der Waals surface area (Å²) in [7, 11) is 1.53. The maximum Gasteiger partial charge on any atom is 0.327 e. The first kappa shape index (κ1) is 28.2. The fourth-order valence-corrected chi connectivity index (χ4v) is 5.85. The van der Waals surface area contributed by atoms with Gasteiger partial charge in [-0.25, -0.2) is 9.59 Å². The highest BCUT2D eigenvalue weighted by molar-refractivity contribution is 6.03. The molecule has 1 saturated heterocycles. The summed E-state index contributed by atoms with van der Waals surface area (Å²) >= 11 is 0. The van der Waals surface area contributed by atoms with Gasteiger partial charge in [0.25, 0.3) is 0 Å². The Balaban J connectivity index is 1.74. The van der Waals surface area contributed by atoms with E-state index in [0.717, 1.165) is 0 Å². The molecule has 4 atom stereocenters. The summed E-state index contributed by atoms with van der Waals surface area (Å²) in [6.07, 6.45) is 0. The Bertz CT molecular complexity index is 1650. The monoisotopic (exact) mass is 563 g/mol. The van der Waals surface area contributed by atoms with Crippen molar-refractivity contribution in [1.29, 1.82) is 5.26 Å². The minimum atomic E-state index is -1.41. The van der Waals surface area contributed by atoms with Crippen LogP contribution in [0.4, 0.5) is 10.5 Å². The highest BCUT2D eigenvalue weighted by atomic mass is 16.5. The van der Waals surface area contributed by atoms with E-state index < -0.39 is 35.9 Å². The summed E-state index contributed by atoms with van der Waals surface area (Å²) in [5.41, 5.74) is 2.28. The molecular weight excluding hydrogens is 534 g/mol. The number of aliphatic carboxylic acids is 1. The number of rotatable bonds is 7. The fraction of sp³-hybridized carbons (Fsp3) is 0.212. The van der Waals surface area contributed by atoms with Gasteiger partial charge in [-0.15, -0.1) is 0 Å². The van der Waals surface area contributed by atoms with Crippen molar-refractivity contribution in [3.05, 3.63) is 119 Å². The van der Waals surface area contributed by atoms with Gasteiger partial charge >= 0.3 is 12.0 Å². The number of Topliss-reactive ketones (excluding diaryl/α,β-unsaturated/α-hetero) is 1. The number of hydrogen-bond acceptors (Lipinski definition) is 6. The van der Waals surface area contributed by atoms with Crippen LogP contribution < -0.4 is 10.1 Å². The summed E-state index contributed by atoms with van der Waals surface area (Å²) in [6, 6.07) is 22.7. The second-order valence-electron chi connectivity index (χ2n) is 10.2. The Morgan fingerprint density at radius 1 is 0.952 bits per heavy atom. The Morgan fingerprint density at radius 3 is 2.14 bits per heavy atom. The molecule has 0 radical (unpaired) electrons. The molecule has 2 heterocycles. The van der Waals surface area contributed by atoms with E-state index in [-0.39, 0.29) is 5.78 Å². The number of para-hydroxylation sites is 1. The second kappa shape index (κ2) is 11.6. The zero-order chi connectivity index (χ0) is 30.0. The van der Waals surface area contributed by atoms with E-state index >= 15 is 0 Å². The number of aryl methyl sites for hydroxylation is 2. The van der Waals surface area contributed by atoms with Gasteiger partial charge in [-0.1, -0.05) is 42.5 Å². The topological polar surface area (TPSA) is 133 Å². The number of methoxy groups -OCH3 is 1. The number of furan rings is 1. The van der Waals surface area contributed by atoms with Gasteiger partial charge in [0.1, 0.15) is 23.3 Å². The molecule has 1 aliphatic rings. The summed E-state index contributed by atoms with van der Waals surface area (Å²) < 4.78 is 11.0. The number of urea groups is 1. The number of nitrogens with one attached hydrogen (secondary N) is 1. The van der Waals surface area contributed by atoms with Crippen LogP contribution in [0.1, 0.15) is 50.5 Å². The normalized spacial score (nSPS) is 19.6. The van der Waals surface area contributed by atoms with Gasteiger partial charge in [0.05, 0.1) is 36.3 Å². The fourth-order valence-electron chi connectivity index (χ4n) is 5.85. The van der Waals surface area contributed by atoms with Crippen LogP contribution in [0.15, 0.2) is 89.3 Å². The van der Waals surface area contributed by atoms with Crippen LogP contribution in [0, 0.1) is 31.1 Å². The molecule has 0 aliphatic carbocycles. The number of likely N-dealkylation sites (tertiary alicyclic amines) is 1. The van der Waals surface area contributed by atoms with Gasteiger partial charge in [-0.3, -0.25) is 4.79 Å². The average molecular weight is 564 g/mol. The third-order valence-corrected chi connectivity index (χ3v) is 7.67. The second-order valence-corrected chi connectivity index (χ2v) is 10.2. The number of carboxylic acids is 1. The molecule has 0 bridgehead atoms. The lowest BCUT2D eigenvalue weighted by Gasteiger charge is -2.30. The standard InChI is InChI=1S/C33H29N3O6/c1-19-17-26(20(2)42-19)31(37)28-27(22-13-15-25(41-3)16-14-22)30(32(38)39)36(33(40)35-24-7-5-4-6-8-24)29(28)23-11-9-21(18-34)10-12-23/h4-17,27-30H,1-3H3,(H,35,40)(H,38,39). The number of carboxylic acid groups (broad SMARTS) is 1. The lowest BCUT2D eigenvalue weighted by atomic mass is 9.76. The largest absolute Gasteiger partial charge is 0.497 e. The van der Waals surface area contributed by atoms with Crippen molar-refractivity contribution >= 4 is 23.5 Å². The Kier molecular flexibility index (Phi) is 7.80. The van der Waals surface area contributed by atoms with E-state index in [1.165, 1.54) is 12.0 Å². The van der Waals surface area contributed by atoms with Crippen molar-refractivity contribution in [3.8, 4) is 11.8 Å². The predicted molar refractivity (Wildman–Crippen MR) is 154 cm³/mol. The number of nitrogens with zero attached hydrogens (tertiary/aromatic N) is 2. The molecule has 0 saturated carbocycles. The molecule has 3 aromatic carbocycles. The zero-order valence-electron chi connectivity index (χ0n) is 23.3. The average Bonchev–Trinajstić information content (AvgIpc) is 3.54. The molecule has 5 rings (SSSR count). The number of ketones is 1. The van der Waals surface area contributed by atoms with Gasteiger partial charge < -0.3 is 24.5 Å². The highest BCUT2D eigenvalue weighted by Crippen LogP contribution is 2.52. The van der Waals surface area contributed by atoms with Gasteiger partial charge in [-0.2, -0.15) is 5.26 Å².